The number of aryl methyl sites for hydroxylation is 1. The molecule has 0 saturated carbocycles. The molecule has 0 spiro atoms. The number of rotatable bonds is 1. The molecule has 0 bridgehead atoms. The van der Waals surface area contributed by atoms with E-state index in [4.69, 9.17) is 5.73 Å². The van der Waals surface area contributed by atoms with E-state index in [9.17, 15) is 0 Å². The zero-order valence-corrected chi connectivity index (χ0v) is 11.8. The minimum atomic E-state index is 0.175. The van der Waals surface area contributed by atoms with Crippen LogP contribution in [0.1, 0.15) is 31.9 Å². The first-order valence-electron chi connectivity index (χ1n) is 6.19. The van der Waals surface area contributed by atoms with E-state index in [1.165, 1.54) is 16.7 Å². The van der Waals surface area contributed by atoms with Gasteiger partial charge in [0.2, 0.25) is 0 Å². The highest BCUT2D eigenvalue weighted by atomic mass is 15.1. The van der Waals surface area contributed by atoms with Crippen molar-refractivity contribution in [2.75, 3.05) is 5.73 Å². The van der Waals surface area contributed by atoms with Crippen molar-refractivity contribution in [1.29, 1.82) is 0 Å². The molecule has 1 heterocycles. The van der Waals surface area contributed by atoms with Crippen molar-refractivity contribution in [2.24, 2.45) is 7.05 Å². The first-order valence-corrected chi connectivity index (χ1v) is 6.19. The van der Waals surface area contributed by atoms with E-state index in [2.05, 4.69) is 50.9 Å². The van der Waals surface area contributed by atoms with E-state index >= 15 is 0 Å². The van der Waals surface area contributed by atoms with Crippen LogP contribution < -0.4 is 5.73 Å². The number of hydrogen-bond donors (Lipinski definition) is 1. The molecule has 0 radical (unpaired) electrons. The predicted octanol–water partition coefficient (Wildman–Crippen LogP) is 3.28. The van der Waals surface area contributed by atoms with Crippen molar-refractivity contribution in [1.82, 2.24) is 9.55 Å². The molecule has 0 aliphatic rings. The predicted molar refractivity (Wildman–Crippen MR) is 76.5 cm³/mol. The quantitative estimate of drug-likeness (QED) is 0.835. The Morgan fingerprint density at radius 3 is 2.33 bits per heavy atom. The second kappa shape index (κ2) is 4.16. The second-order valence-corrected chi connectivity index (χ2v) is 5.84. The standard InChI is InChI=1S/C15H21N3/c1-10-8-11(15(2,3)4)6-7-12(10)13-9-17-14(16)18(13)5/h6-9H,1-5H3,(H2,16,17). The number of nitrogen functional groups attached to an aromatic ring is 1. The molecule has 96 valence electrons. The van der Waals surface area contributed by atoms with Gasteiger partial charge in [-0.3, -0.25) is 0 Å². The van der Waals surface area contributed by atoms with Crippen LogP contribution in [0.15, 0.2) is 24.4 Å². The van der Waals surface area contributed by atoms with E-state index in [-0.39, 0.29) is 5.41 Å². The number of nitrogens with two attached hydrogens (primary N) is 1. The fourth-order valence-corrected chi connectivity index (χ4v) is 2.09. The molecule has 0 aliphatic heterocycles. The zero-order chi connectivity index (χ0) is 13.5. The molecule has 2 N–H and O–H groups in total. The van der Waals surface area contributed by atoms with E-state index in [0.29, 0.717) is 5.95 Å². The van der Waals surface area contributed by atoms with Crippen molar-refractivity contribution >= 4 is 5.95 Å². The van der Waals surface area contributed by atoms with Crippen molar-refractivity contribution in [3.8, 4) is 11.3 Å². The third kappa shape index (κ3) is 2.13. The summed E-state index contributed by atoms with van der Waals surface area (Å²) in [4.78, 5) is 4.15. The Kier molecular flexibility index (Phi) is 2.93. The Balaban J connectivity index is 2.52. The summed E-state index contributed by atoms with van der Waals surface area (Å²) < 4.78 is 1.92. The Morgan fingerprint density at radius 1 is 1.22 bits per heavy atom. The van der Waals surface area contributed by atoms with Gasteiger partial charge in [-0.05, 0) is 23.5 Å². The van der Waals surface area contributed by atoms with Crippen molar-refractivity contribution in [3.05, 3.63) is 35.5 Å². The molecule has 2 aromatic rings. The van der Waals surface area contributed by atoms with Crippen LogP contribution >= 0.6 is 0 Å². The first kappa shape index (κ1) is 12.7. The molecule has 0 atom stereocenters. The van der Waals surface area contributed by atoms with Gasteiger partial charge >= 0.3 is 0 Å². The van der Waals surface area contributed by atoms with Crippen LogP contribution in [-0.2, 0) is 12.5 Å². The van der Waals surface area contributed by atoms with Crippen LogP contribution in [0.3, 0.4) is 0 Å². The van der Waals surface area contributed by atoms with Gasteiger partial charge in [-0.15, -0.1) is 0 Å². The van der Waals surface area contributed by atoms with Gasteiger partial charge in [-0.1, -0.05) is 39.0 Å². The molecule has 3 heteroatoms. The summed E-state index contributed by atoms with van der Waals surface area (Å²) in [7, 11) is 1.94. The number of imidazole rings is 1. The largest absolute Gasteiger partial charge is 0.369 e. The molecule has 0 saturated heterocycles. The van der Waals surface area contributed by atoms with Gasteiger partial charge in [-0.2, -0.15) is 0 Å². The Hall–Kier alpha value is -1.77. The molecular weight excluding hydrogens is 222 g/mol. The minimum Gasteiger partial charge on any atom is -0.369 e. The molecular formula is C15H21N3. The average molecular weight is 243 g/mol. The van der Waals surface area contributed by atoms with Crippen LogP contribution in [-0.4, -0.2) is 9.55 Å². The van der Waals surface area contributed by atoms with Gasteiger partial charge in [-0.25, -0.2) is 4.98 Å². The monoisotopic (exact) mass is 243 g/mol. The van der Waals surface area contributed by atoms with Crippen molar-refractivity contribution in [3.63, 3.8) is 0 Å². The van der Waals surface area contributed by atoms with Crippen LogP contribution in [0.5, 0.6) is 0 Å². The third-order valence-electron chi connectivity index (χ3n) is 3.39. The molecule has 3 nitrogen and oxygen atoms in total. The van der Waals surface area contributed by atoms with Gasteiger partial charge in [0.05, 0.1) is 11.9 Å². The van der Waals surface area contributed by atoms with E-state index in [1.54, 1.807) is 0 Å². The number of hydrogen-bond acceptors (Lipinski definition) is 2. The van der Waals surface area contributed by atoms with Crippen LogP contribution in [0.25, 0.3) is 11.3 Å². The van der Waals surface area contributed by atoms with Crippen LogP contribution in [0, 0.1) is 6.92 Å². The summed E-state index contributed by atoms with van der Waals surface area (Å²) in [6.45, 7) is 8.81. The highest BCUT2D eigenvalue weighted by Gasteiger charge is 2.16. The highest BCUT2D eigenvalue weighted by molar-refractivity contribution is 5.65. The van der Waals surface area contributed by atoms with Crippen LogP contribution in [0.2, 0.25) is 0 Å². The lowest BCUT2D eigenvalue weighted by Gasteiger charge is -2.20. The van der Waals surface area contributed by atoms with Gasteiger partial charge in [0.15, 0.2) is 5.95 Å². The average Bonchev–Trinajstić information content (AvgIpc) is 2.59. The second-order valence-electron chi connectivity index (χ2n) is 5.84. The number of benzene rings is 1. The molecule has 18 heavy (non-hydrogen) atoms. The molecule has 0 unspecified atom stereocenters. The fourth-order valence-electron chi connectivity index (χ4n) is 2.09. The number of nitrogens with zero attached hydrogens (tertiary/aromatic N) is 2. The summed E-state index contributed by atoms with van der Waals surface area (Å²) in [6.07, 6.45) is 1.83. The molecule has 1 aromatic heterocycles. The molecule has 0 aliphatic carbocycles. The van der Waals surface area contributed by atoms with E-state index in [1.807, 2.05) is 17.8 Å². The van der Waals surface area contributed by atoms with E-state index < -0.39 is 0 Å². The molecule has 0 amide bonds. The topological polar surface area (TPSA) is 43.8 Å². The van der Waals surface area contributed by atoms with Gasteiger partial charge in [0.25, 0.3) is 0 Å². The molecule has 2 rings (SSSR count). The summed E-state index contributed by atoms with van der Waals surface area (Å²) in [5.41, 5.74) is 10.8. The minimum absolute atomic E-state index is 0.175. The first-order chi connectivity index (χ1) is 8.30. The van der Waals surface area contributed by atoms with Crippen molar-refractivity contribution in [2.45, 2.75) is 33.1 Å². The molecule has 0 fully saturated rings. The maximum Gasteiger partial charge on any atom is 0.200 e. The summed E-state index contributed by atoms with van der Waals surface area (Å²) in [5.74, 6) is 0.546. The Morgan fingerprint density at radius 2 is 1.89 bits per heavy atom. The number of anilines is 1. The van der Waals surface area contributed by atoms with Gasteiger partial charge in [0.1, 0.15) is 0 Å². The lowest BCUT2D eigenvalue weighted by Crippen LogP contribution is -2.11. The molecule has 1 aromatic carbocycles. The third-order valence-corrected chi connectivity index (χ3v) is 3.39. The van der Waals surface area contributed by atoms with Crippen molar-refractivity contribution < 1.29 is 0 Å². The Bertz CT molecular complexity index is 574. The summed E-state index contributed by atoms with van der Waals surface area (Å²) in [6, 6.07) is 6.59. The summed E-state index contributed by atoms with van der Waals surface area (Å²) >= 11 is 0. The SMILES string of the molecule is Cc1cc(C(C)(C)C)ccc1-c1cnc(N)n1C. The lowest BCUT2D eigenvalue weighted by molar-refractivity contribution is 0.590. The zero-order valence-electron chi connectivity index (χ0n) is 11.8. The maximum absolute atomic E-state index is 5.78. The highest BCUT2D eigenvalue weighted by Crippen LogP contribution is 2.29. The van der Waals surface area contributed by atoms with Gasteiger partial charge in [0, 0.05) is 12.6 Å². The normalized spacial score (nSPS) is 11.8. The van der Waals surface area contributed by atoms with Gasteiger partial charge < -0.3 is 10.3 Å². The maximum atomic E-state index is 5.78. The van der Waals surface area contributed by atoms with Crippen LogP contribution in [0.4, 0.5) is 5.95 Å². The fraction of sp³-hybridized carbons (Fsp3) is 0.400. The van der Waals surface area contributed by atoms with E-state index in [0.717, 1.165) is 5.69 Å². The Labute approximate surface area is 109 Å². The summed E-state index contributed by atoms with van der Waals surface area (Å²) in [5, 5.41) is 0. The smallest absolute Gasteiger partial charge is 0.200 e. The lowest BCUT2D eigenvalue weighted by atomic mass is 9.85. The number of aromatic nitrogens is 2.